The molecule has 1 heterocycles. The second-order valence-corrected chi connectivity index (χ2v) is 14.4. The minimum absolute atomic E-state index is 0.0760. The van der Waals surface area contributed by atoms with E-state index in [1.807, 2.05) is 19.4 Å². The number of fused-ring (bicyclic) bond motifs is 3. The van der Waals surface area contributed by atoms with Crippen molar-refractivity contribution < 1.29 is 14.1 Å². The monoisotopic (exact) mass is 448 g/mol. The van der Waals surface area contributed by atoms with Gasteiger partial charge in [0.15, 0.2) is 5.78 Å². The third-order valence-corrected chi connectivity index (χ3v) is 10.7. The number of carbonyl (C=O) groups is 1. The van der Waals surface area contributed by atoms with Gasteiger partial charge in [-0.25, -0.2) is 0 Å². The minimum atomic E-state index is -2.28. The highest BCUT2D eigenvalue weighted by molar-refractivity contribution is 7.70. The molecular weight excluding hydrogens is 415 g/mol. The maximum absolute atomic E-state index is 12.6. The molecule has 5 aliphatic rings. The van der Waals surface area contributed by atoms with Crippen LogP contribution >= 0.6 is 7.14 Å². The van der Waals surface area contributed by atoms with E-state index in [-0.39, 0.29) is 17.0 Å². The fourth-order valence-electron chi connectivity index (χ4n) is 7.73. The van der Waals surface area contributed by atoms with Crippen molar-refractivity contribution in [2.24, 2.45) is 11.8 Å². The zero-order valence-corrected chi connectivity index (χ0v) is 20.3. The number of epoxide rings is 1. The minimum Gasteiger partial charge on any atom is -0.357 e. The number of allylic oxidation sites excluding steroid dienone is 4. The van der Waals surface area contributed by atoms with Gasteiger partial charge in [0.1, 0.15) is 18.3 Å². The third-order valence-electron chi connectivity index (χ3n) is 9.20. The van der Waals surface area contributed by atoms with Crippen molar-refractivity contribution >= 4 is 18.2 Å². The first-order valence-electron chi connectivity index (χ1n) is 12.1. The van der Waals surface area contributed by atoms with Crippen LogP contribution in [0.15, 0.2) is 59.2 Å². The summed E-state index contributed by atoms with van der Waals surface area (Å²) in [4.78, 5) is 12.2. The van der Waals surface area contributed by atoms with Crippen molar-refractivity contribution in [2.45, 2.75) is 69.0 Å². The Morgan fingerprint density at radius 3 is 2.53 bits per heavy atom. The molecule has 32 heavy (non-hydrogen) atoms. The first kappa shape index (κ1) is 20.9. The van der Waals surface area contributed by atoms with E-state index >= 15 is 0 Å². The quantitative estimate of drug-likeness (QED) is 0.328. The highest BCUT2D eigenvalue weighted by Crippen LogP contribution is 2.74. The van der Waals surface area contributed by atoms with Gasteiger partial charge in [-0.05, 0) is 99.0 Å². The Hall–Kier alpha value is -1.70. The van der Waals surface area contributed by atoms with Gasteiger partial charge in [-0.1, -0.05) is 36.4 Å². The molecule has 2 saturated carbocycles. The number of ether oxygens (including phenoxy) is 1. The SMILES string of the molecule is C=C(C)[C@]12CC[C@H]3[C@@H]4CCC5=CC(=O)CCC5=C4[C@@H](c4ccc(P(C)(C)=O)cc4)C[C@@]31O2. The summed E-state index contributed by atoms with van der Waals surface area (Å²) < 4.78 is 19.3. The van der Waals surface area contributed by atoms with Crippen LogP contribution in [0.5, 0.6) is 0 Å². The third kappa shape index (κ3) is 2.71. The molecule has 168 valence electrons. The summed E-state index contributed by atoms with van der Waals surface area (Å²) in [6, 6.07) is 8.54. The molecule has 1 saturated heterocycles. The summed E-state index contributed by atoms with van der Waals surface area (Å²) in [6.45, 7) is 10.1. The van der Waals surface area contributed by atoms with Crippen LogP contribution in [0, 0.1) is 11.8 Å². The lowest BCUT2D eigenvalue weighted by Crippen LogP contribution is -2.42. The Bertz CT molecular complexity index is 1150. The van der Waals surface area contributed by atoms with Gasteiger partial charge >= 0.3 is 0 Å². The molecule has 1 aromatic carbocycles. The highest BCUT2D eigenvalue weighted by Gasteiger charge is 2.79. The number of hydrogen-bond acceptors (Lipinski definition) is 3. The van der Waals surface area contributed by atoms with Crippen LogP contribution in [0.2, 0.25) is 0 Å². The summed E-state index contributed by atoms with van der Waals surface area (Å²) in [5.74, 6) is 1.67. The van der Waals surface area contributed by atoms with E-state index in [1.54, 1.807) is 5.57 Å². The van der Waals surface area contributed by atoms with Gasteiger partial charge in [-0.2, -0.15) is 0 Å². The van der Waals surface area contributed by atoms with Gasteiger partial charge in [0.2, 0.25) is 0 Å². The second kappa shape index (κ2) is 6.67. The van der Waals surface area contributed by atoms with E-state index in [2.05, 4.69) is 37.8 Å². The zero-order chi connectivity index (χ0) is 22.5. The smallest absolute Gasteiger partial charge is 0.156 e. The molecule has 1 aliphatic heterocycles. The van der Waals surface area contributed by atoms with Crippen molar-refractivity contribution in [1.82, 2.24) is 0 Å². The van der Waals surface area contributed by atoms with E-state index in [4.69, 9.17) is 4.74 Å². The van der Waals surface area contributed by atoms with E-state index in [9.17, 15) is 9.36 Å². The first-order chi connectivity index (χ1) is 15.2. The predicted molar refractivity (Wildman–Crippen MR) is 129 cm³/mol. The molecule has 0 aromatic heterocycles. The molecular formula is C28H33O3P. The van der Waals surface area contributed by atoms with Crippen molar-refractivity contribution in [3.05, 3.63) is 64.8 Å². The van der Waals surface area contributed by atoms with Gasteiger partial charge in [0, 0.05) is 17.6 Å². The first-order valence-corrected chi connectivity index (χ1v) is 14.7. The zero-order valence-electron chi connectivity index (χ0n) is 19.4. The molecule has 0 unspecified atom stereocenters. The summed E-state index contributed by atoms with van der Waals surface area (Å²) >= 11 is 0. The topological polar surface area (TPSA) is 46.7 Å². The molecule has 3 nitrogen and oxygen atoms in total. The average Bonchev–Trinajstić information content (AvgIpc) is 3.29. The lowest BCUT2D eigenvalue weighted by molar-refractivity contribution is -0.114. The molecule has 1 aromatic rings. The van der Waals surface area contributed by atoms with E-state index in [0.717, 1.165) is 37.4 Å². The molecule has 1 spiro atoms. The van der Waals surface area contributed by atoms with Crippen molar-refractivity contribution in [1.29, 1.82) is 0 Å². The molecule has 3 fully saturated rings. The van der Waals surface area contributed by atoms with Gasteiger partial charge < -0.3 is 9.30 Å². The largest absolute Gasteiger partial charge is 0.357 e. The van der Waals surface area contributed by atoms with Crippen LogP contribution < -0.4 is 5.30 Å². The van der Waals surface area contributed by atoms with E-state index < -0.39 is 7.14 Å². The van der Waals surface area contributed by atoms with Crippen molar-refractivity contribution in [3.63, 3.8) is 0 Å². The highest BCUT2D eigenvalue weighted by atomic mass is 31.2. The van der Waals surface area contributed by atoms with Crippen LogP contribution in [-0.2, 0) is 14.1 Å². The Morgan fingerprint density at radius 2 is 1.88 bits per heavy atom. The molecule has 0 amide bonds. The molecule has 6 rings (SSSR count). The van der Waals surface area contributed by atoms with E-state index in [0.29, 0.717) is 24.2 Å². The summed E-state index contributed by atoms with van der Waals surface area (Å²) in [5, 5.41) is 0.939. The number of hydrogen-bond donors (Lipinski definition) is 0. The van der Waals surface area contributed by atoms with Crippen molar-refractivity contribution in [2.75, 3.05) is 13.3 Å². The maximum Gasteiger partial charge on any atom is 0.156 e. The summed E-state index contributed by atoms with van der Waals surface area (Å²) in [6.07, 6.45) is 8.89. The normalized spacial score (nSPS) is 37.8. The average molecular weight is 449 g/mol. The number of carbonyl (C=O) groups excluding carboxylic acids is 1. The van der Waals surface area contributed by atoms with Crippen LogP contribution in [-0.4, -0.2) is 30.3 Å². The van der Waals surface area contributed by atoms with Gasteiger partial charge in [-0.15, -0.1) is 0 Å². The number of benzene rings is 1. The lowest BCUT2D eigenvalue weighted by Gasteiger charge is -2.46. The lowest BCUT2D eigenvalue weighted by atomic mass is 9.57. The molecule has 4 aliphatic carbocycles. The maximum atomic E-state index is 12.6. The van der Waals surface area contributed by atoms with Gasteiger partial charge in [0.05, 0.1) is 0 Å². The fraction of sp³-hybridized carbons (Fsp3) is 0.536. The molecule has 5 atom stereocenters. The van der Waals surface area contributed by atoms with E-state index in [1.165, 1.54) is 28.7 Å². The Morgan fingerprint density at radius 1 is 1.12 bits per heavy atom. The van der Waals surface area contributed by atoms with Gasteiger partial charge in [-0.3, -0.25) is 4.79 Å². The summed E-state index contributed by atoms with van der Waals surface area (Å²) in [5.41, 5.74) is 6.62. The Kier molecular flexibility index (Phi) is 4.35. The number of rotatable bonds is 3. The predicted octanol–water partition coefficient (Wildman–Crippen LogP) is 5.91. The summed E-state index contributed by atoms with van der Waals surface area (Å²) in [7, 11) is -2.28. The van der Waals surface area contributed by atoms with Crippen LogP contribution in [0.25, 0.3) is 0 Å². The molecule has 4 heteroatoms. The Labute approximate surface area is 191 Å². The molecule has 0 radical (unpaired) electrons. The van der Waals surface area contributed by atoms with Crippen LogP contribution in [0.4, 0.5) is 0 Å². The molecule has 0 N–H and O–H groups in total. The second-order valence-electron chi connectivity index (χ2n) is 11.2. The Balaban J connectivity index is 1.50. The fourth-order valence-corrected chi connectivity index (χ4v) is 8.60. The number of ketones is 1. The molecule has 0 bridgehead atoms. The van der Waals surface area contributed by atoms with Crippen LogP contribution in [0.1, 0.15) is 63.4 Å². The van der Waals surface area contributed by atoms with Gasteiger partial charge in [0.25, 0.3) is 0 Å². The standard InChI is InChI=1S/C28H33O3P/c1-17(2)27-14-13-25-23-11-7-19-15-20(29)8-12-22(19)26(23)24(16-28(25,27)31-27)18-5-9-21(10-6-18)32(3,4)30/h5-6,9-10,15,23-25H,1,7-8,11-14,16H2,2-4H3/t23-,24+,25-,27+,28+/m0/s1. The van der Waals surface area contributed by atoms with Crippen LogP contribution in [0.3, 0.4) is 0 Å². The van der Waals surface area contributed by atoms with Crippen molar-refractivity contribution in [3.8, 4) is 0 Å².